The van der Waals surface area contributed by atoms with E-state index in [0.717, 1.165) is 29.6 Å². The maximum absolute atomic E-state index is 7.18. The lowest BCUT2D eigenvalue weighted by Gasteiger charge is -2.61. The lowest BCUT2D eigenvalue weighted by molar-refractivity contribution is -0.119. The molecule has 0 aromatic heterocycles. The second-order valence-electron chi connectivity index (χ2n) is 16.5. The molecule has 0 amide bonds. The largest absolute Gasteiger partial charge is 0.413 e. The molecule has 194 valence electrons. The van der Waals surface area contributed by atoms with Crippen molar-refractivity contribution in [1.29, 1.82) is 0 Å². The molecular formula is C31H56OSi2. The SMILES string of the molecule is CC(C)(C)[Si](C)(C)O[C@H]1CCC2C3CCC4CC5=C([Si](C)(C)C)CCC5C[C@]4(C)C3CC[C@@]21C. The summed E-state index contributed by atoms with van der Waals surface area (Å²) in [4.78, 5) is 0. The summed E-state index contributed by atoms with van der Waals surface area (Å²) in [6.07, 6.45) is 15.1. The standard InChI is InChI=1S/C31H56OSi2/c1-29(2,3)34(9,10)32-28-16-14-25-23-13-12-22-19-24-21(11-15-27(24)33(6,7)8)20-31(22,5)26(23)17-18-30(25,28)4/h21-23,25-26,28H,11-20H2,1-10H3/t21?,22?,23?,25?,26?,28-,30-,31-/m0/s1. The van der Waals surface area contributed by atoms with Gasteiger partial charge in [0.15, 0.2) is 8.32 Å². The van der Waals surface area contributed by atoms with Crippen LogP contribution in [-0.4, -0.2) is 22.5 Å². The van der Waals surface area contributed by atoms with Gasteiger partial charge in [0.1, 0.15) is 0 Å². The lowest BCUT2D eigenvalue weighted by atomic mass is 9.44. The van der Waals surface area contributed by atoms with Crippen molar-refractivity contribution >= 4 is 16.4 Å². The topological polar surface area (TPSA) is 9.23 Å². The van der Waals surface area contributed by atoms with Gasteiger partial charge in [0.25, 0.3) is 0 Å². The van der Waals surface area contributed by atoms with Gasteiger partial charge >= 0.3 is 0 Å². The first kappa shape index (κ1) is 25.8. The van der Waals surface area contributed by atoms with Gasteiger partial charge in [-0.2, -0.15) is 0 Å². The first-order valence-corrected chi connectivity index (χ1v) is 21.4. The molecular weight excluding hydrogens is 445 g/mol. The minimum Gasteiger partial charge on any atom is -0.413 e. The molecule has 3 heteroatoms. The van der Waals surface area contributed by atoms with Gasteiger partial charge in [-0.15, -0.1) is 0 Å². The molecule has 0 spiro atoms. The van der Waals surface area contributed by atoms with Crippen LogP contribution in [0.25, 0.3) is 0 Å². The molecule has 0 N–H and O–H groups in total. The second kappa shape index (κ2) is 8.06. The van der Waals surface area contributed by atoms with Crippen molar-refractivity contribution in [3.8, 4) is 0 Å². The van der Waals surface area contributed by atoms with Gasteiger partial charge < -0.3 is 4.43 Å². The van der Waals surface area contributed by atoms with Crippen LogP contribution >= 0.6 is 0 Å². The van der Waals surface area contributed by atoms with Gasteiger partial charge in [-0.25, -0.2) is 0 Å². The quantitative estimate of drug-likeness (QED) is 0.350. The van der Waals surface area contributed by atoms with Crippen LogP contribution in [0.15, 0.2) is 10.8 Å². The van der Waals surface area contributed by atoms with E-state index >= 15 is 0 Å². The first-order valence-electron chi connectivity index (χ1n) is 15.0. The smallest absolute Gasteiger partial charge is 0.192 e. The molecule has 0 aromatic carbocycles. The Kier molecular flexibility index (Phi) is 6.11. The summed E-state index contributed by atoms with van der Waals surface area (Å²) in [6.45, 7) is 25.4. The van der Waals surface area contributed by atoms with Crippen LogP contribution in [0, 0.1) is 40.4 Å². The minimum atomic E-state index is -1.72. The zero-order chi connectivity index (χ0) is 24.9. The fourth-order valence-corrected chi connectivity index (χ4v) is 13.5. The van der Waals surface area contributed by atoms with E-state index in [1.807, 2.05) is 10.8 Å². The van der Waals surface area contributed by atoms with Crippen LogP contribution in [0.4, 0.5) is 0 Å². The van der Waals surface area contributed by atoms with Gasteiger partial charge in [-0.3, -0.25) is 0 Å². The van der Waals surface area contributed by atoms with Crippen LogP contribution in [0.2, 0.25) is 37.8 Å². The summed E-state index contributed by atoms with van der Waals surface area (Å²) >= 11 is 0. The molecule has 5 aliphatic carbocycles. The van der Waals surface area contributed by atoms with Crippen molar-refractivity contribution in [2.75, 3.05) is 0 Å². The van der Waals surface area contributed by atoms with Crippen LogP contribution < -0.4 is 0 Å². The molecule has 0 radical (unpaired) electrons. The molecule has 0 bridgehead atoms. The van der Waals surface area contributed by atoms with E-state index in [2.05, 4.69) is 67.4 Å². The van der Waals surface area contributed by atoms with Crippen LogP contribution in [0.5, 0.6) is 0 Å². The molecule has 0 aromatic rings. The summed E-state index contributed by atoms with van der Waals surface area (Å²) < 4.78 is 7.18. The maximum Gasteiger partial charge on any atom is 0.192 e. The average Bonchev–Trinajstić information content (AvgIpc) is 3.25. The predicted molar refractivity (Wildman–Crippen MR) is 152 cm³/mol. The third-order valence-electron chi connectivity index (χ3n) is 12.9. The molecule has 0 heterocycles. The first-order chi connectivity index (χ1) is 15.6. The van der Waals surface area contributed by atoms with Crippen molar-refractivity contribution < 1.29 is 4.43 Å². The van der Waals surface area contributed by atoms with Crippen molar-refractivity contribution in [2.24, 2.45) is 40.4 Å². The van der Waals surface area contributed by atoms with Gasteiger partial charge in [-0.05, 0) is 123 Å². The molecule has 4 fully saturated rings. The monoisotopic (exact) mass is 500 g/mol. The number of hydrogen-bond donors (Lipinski definition) is 0. The lowest BCUT2D eigenvalue weighted by Crippen LogP contribution is -2.55. The van der Waals surface area contributed by atoms with Crippen LogP contribution in [0.3, 0.4) is 0 Å². The highest BCUT2D eigenvalue weighted by molar-refractivity contribution is 6.83. The molecule has 5 rings (SSSR count). The van der Waals surface area contributed by atoms with Crippen molar-refractivity contribution in [3.63, 3.8) is 0 Å². The fraction of sp³-hybridized carbons (Fsp3) is 0.935. The summed E-state index contributed by atoms with van der Waals surface area (Å²) in [5, 5.41) is 2.30. The third kappa shape index (κ3) is 3.83. The Labute approximate surface area is 214 Å². The van der Waals surface area contributed by atoms with E-state index in [0.29, 0.717) is 22.0 Å². The van der Waals surface area contributed by atoms with E-state index < -0.39 is 16.4 Å². The van der Waals surface area contributed by atoms with Crippen LogP contribution in [0.1, 0.15) is 98.8 Å². The zero-order valence-corrected chi connectivity index (χ0v) is 26.4. The molecule has 5 unspecified atom stereocenters. The fourth-order valence-electron chi connectivity index (χ4n) is 9.93. The van der Waals surface area contributed by atoms with Crippen molar-refractivity contribution in [3.05, 3.63) is 10.8 Å². The highest BCUT2D eigenvalue weighted by atomic mass is 28.4. The zero-order valence-electron chi connectivity index (χ0n) is 24.4. The molecule has 1 nitrogen and oxygen atoms in total. The average molecular weight is 501 g/mol. The summed E-state index contributed by atoms with van der Waals surface area (Å²) in [6, 6.07) is 0. The number of allylic oxidation sites excluding steroid dienone is 2. The predicted octanol–water partition coefficient (Wildman–Crippen LogP) is 9.61. The van der Waals surface area contributed by atoms with Gasteiger partial charge in [0.05, 0.1) is 14.2 Å². The van der Waals surface area contributed by atoms with E-state index in [1.165, 1.54) is 64.2 Å². The Balaban J connectivity index is 1.37. The third-order valence-corrected chi connectivity index (χ3v) is 19.8. The van der Waals surface area contributed by atoms with Crippen molar-refractivity contribution in [1.82, 2.24) is 0 Å². The molecule has 4 saturated carbocycles. The summed E-state index contributed by atoms with van der Waals surface area (Å²) in [7, 11) is -2.87. The molecule has 34 heavy (non-hydrogen) atoms. The number of hydrogen-bond acceptors (Lipinski definition) is 1. The van der Waals surface area contributed by atoms with Crippen LogP contribution in [-0.2, 0) is 4.43 Å². The Morgan fingerprint density at radius 1 is 0.824 bits per heavy atom. The Morgan fingerprint density at radius 2 is 1.50 bits per heavy atom. The number of rotatable bonds is 3. The Bertz CT molecular complexity index is 844. The highest BCUT2D eigenvalue weighted by Crippen LogP contribution is 2.69. The van der Waals surface area contributed by atoms with Gasteiger partial charge in [-0.1, -0.05) is 65.0 Å². The molecule has 5 aliphatic rings. The van der Waals surface area contributed by atoms with Gasteiger partial charge in [0, 0.05) is 0 Å². The maximum atomic E-state index is 7.18. The minimum absolute atomic E-state index is 0.313. The molecule has 8 atom stereocenters. The number of fused-ring (bicyclic) bond motifs is 6. The molecule has 0 aliphatic heterocycles. The van der Waals surface area contributed by atoms with E-state index in [4.69, 9.17) is 4.43 Å². The Morgan fingerprint density at radius 3 is 2.15 bits per heavy atom. The summed E-state index contributed by atoms with van der Waals surface area (Å²) in [5.41, 5.74) is 3.02. The normalized spacial score (nSPS) is 45.0. The van der Waals surface area contributed by atoms with Crippen molar-refractivity contribution in [2.45, 2.75) is 143 Å². The second-order valence-corrected chi connectivity index (χ2v) is 26.4. The summed E-state index contributed by atoms with van der Waals surface area (Å²) in [5.74, 6) is 4.77. The van der Waals surface area contributed by atoms with E-state index in [9.17, 15) is 0 Å². The Hall–Kier alpha value is 0.134. The van der Waals surface area contributed by atoms with Gasteiger partial charge in [0.2, 0.25) is 0 Å². The highest BCUT2D eigenvalue weighted by Gasteiger charge is 2.62. The van der Waals surface area contributed by atoms with E-state index in [-0.39, 0.29) is 0 Å². The molecule has 0 saturated heterocycles. The van der Waals surface area contributed by atoms with E-state index in [1.54, 1.807) is 0 Å².